The molecule has 3 heterocycles. The number of carbonyl (C=O) groups is 1. The first-order valence-electron chi connectivity index (χ1n) is 13.2. The van der Waals surface area contributed by atoms with Crippen LogP contribution in [0.2, 0.25) is 0 Å². The molecular weight excluding hydrogens is 434 g/mol. The lowest BCUT2D eigenvalue weighted by Gasteiger charge is -2.46. The lowest BCUT2D eigenvalue weighted by atomic mass is 9.75. The number of benzene rings is 2. The maximum absolute atomic E-state index is 12.4. The van der Waals surface area contributed by atoms with Crippen LogP contribution in [0.4, 0.5) is 5.69 Å². The van der Waals surface area contributed by atoms with Gasteiger partial charge in [0.25, 0.3) is 0 Å². The van der Waals surface area contributed by atoms with Crippen LogP contribution in [-0.4, -0.2) is 37.8 Å². The van der Waals surface area contributed by atoms with Gasteiger partial charge in [-0.25, -0.2) is 4.79 Å². The maximum Gasteiger partial charge on any atom is 0.337 e. The Morgan fingerprint density at radius 1 is 1.09 bits per heavy atom. The molecule has 35 heavy (non-hydrogen) atoms. The van der Waals surface area contributed by atoms with E-state index in [4.69, 9.17) is 4.74 Å². The number of ether oxygens (including phenoxy) is 1. The van der Waals surface area contributed by atoms with Crippen molar-refractivity contribution in [3.63, 3.8) is 0 Å². The molecule has 1 fully saturated rings. The molecular formula is C30H37N3O2. The van der Waals surface area contributed by atoms with Crippen LogP contribution in [0.1, 0.15) is 79.4 Å². The van der Waals surface area contributed by atoms with Crippen LogP contribution in [0.25, 0.3) is 22.2 Å². The van der Waals surface area contributed by atoms with Crippen molar-refractivity contribution in [1.29, 1.82) is 0 Å². The highest BCUT2D eigenvalue weighted by molar-refractivity contribution is 6.00. The molecule has 0 spiro atoms. The van der Waals surface area contributed by atoms with Crippen molar-refractivity contribution in [2.75, 3.05) is 32.1 Å². The van der Waals surface area contributed by atoms with E-state index >= 15 is 0 Å². The minimum atomic E-state index is -0.267. The van der Waals surface area contributed by atoms with Gasteiger partial charge in [0, 0.05) is 47.6 Å². The molecule has 3 aliphatic rings. The monoisotopic (exact) mass is 471 g/mol. The van der Waals surface area contributed by atoms with Crippen molar-refractivity contribution in [1.82, 2.24) is 9.88 Å². The van der Waals surface area contributed by atoms with Gasteiger partial charge in [-0.3, -0.25) is 0 Å². The summed E-state index contributed by atoms with van der Waals surface area (Å²) in [6, 6.07) is 13.4. The van der Waals surface area contributed by atoms with E-state index in [0.29, 0.717) is 17.5 Å². The molecule has 0 radical (unpaired) electrons. The fourth-order valence-electron chi connectivity index (χ4n) is 7.33. The van der Waals surface area contributed by atoms with Crippen molar-refractivity contribution >= 4 is 22.6 Å². The lowest BCUT2D eigenvalue weighted by Crippen LogP contribution is -2.47. The molecule has 3 aromatic rings. The summed E-state index contributed by atoms with van der Waals surface area (Å²) in [7, 11) is 3.56. The number of nitrogens with zero attached hydrogens (tertiary/aromatic N) is 2. The molecule has 0 bridgehead atoms. The predicted octanol–water partition coefficient (Wildman–Crippen LogP) is 6.26. The summed E-state index contributed by atoms with van der Waals surface area (Å²) in [4.78, 5) is 15.1. The maximum atomic E-state index is 12.4. The Kier molecular flexibility index (Phi) is 5.44. The lowest BCUT2D eigenvalue weighted by molar-refractivity contribution is 0.0601. The fraction of sp³-hybridized carbons (Fsp3) is 0.500. The highest BCUT2D eigenvalue weighted by Crippen LogP contribution is 2.52. The molecule has 2 aromatic carbocycles. The first-order chi connectivity index (χ1) is 16.9. The first kappa shape index (κ1) is 22.7. The number of methoxy groups -OCH3 is 1. The average Bonchev–Trinajstić information content (AvgIpc) is 3.10. The molecule has 184 valence electrons. The molecule has 2 aliphatic heterocycles. The number of anilines is 1. The van der Waals surface area contributed by atoms with Crippen molar-refractivity contribution in [3.05, 3.63) is 53.1 Å². The van der Waals surface area contributed by atoms with E-state index < -0.39 is 0 Å². The van der Waals surface area contributed by atoms with Crippen LogP contribution in [0.3, 0.4) is 0 Å². The number of hydrogen-bond donors (Lipinski definition) is 1. The van der Waals surface area contributed by atoms with Crippen LogP contribution < -0.4 is 10.2 Å². The third kappa shape index (κ3) is 3.42. The topological polar surface area (TPSA) is 46.5 Å². The van der Waals surface area contributed by atoms with Crippen LogP contribution in [0.15, 0.2) is 36.4 Å². The largest absolute Gasteiger partial charge is 0.465 e. The summed E-state index contributed by atoms with van der Waals surface area (Å²) in [6.07, 6.45) is 6.42. The zero-order valence-corrected chi connectivity index (χ0v) is 21.5. The van der Waals surface area contributed by atoms with Crippen molar-refractivity contribution in [3.8, 4) is 11.3 Å². The number of hydrogen-bond acceptors (Lipinski definition) is 4. The molecule has 1 atom stereocenters. The van der Waals surface area contributed by atoms with Gasteiger partial charge in [0.15, 0.2) is 0 Å². The molecule has 1 unspecified atom stereocenters. The molecule has 1 N–H and O–H groups in total. The highest BCUT2D eigenvalue weighted by atomic mass is 16.5. The molecule has 6 rings (SSSR count). The van der Waals surface area contributed by atoms with Crippen molar-refractivity contribution in [2.24, 2.45) is 5.41 Å². The van der Waals surface area contributed by atoms with Crippen LogP contribution in [-0.2, 0) is 11.3 Å². The van der Waals surface area contributed by atoms with Gasteiger partial charge in [-0.2, -0.15) is 0 Å². The van der Waals surface area contributed by atoms with Gasteiger partial charge in [-0.05, 0) is 49.1 Å². The van der Waals surface area contributed by atoms with Gasteiger partial charge in [-0.1, -0.05) is 57.4 Å². The Labute approximate surface area is 208 Å². The van der Waals surface area contributed by atoms with Crippen LogP contribution >= 0.6 is 0 Å². The second-order valence-electron chi connectivity index (χ2n) is 11.3. The Balaban J connectivity index is 1.65. The van der Waals surface area contributed by atoms with Gasteiger partial charge < -0.3 is 19.5 Å². The quantitative estimate of drug-likeness (QED) is 0.458. The summed E-state index contributed by atoms with van der Waals surface area (Å²) >= 11 is 0. The molecule has 5 nitrogen and oxygen atoms in total. The normalized spacial score (nSPS) is 21.4. The molecule has 1 saturated carbocycles. The fourth-order valence-corrected chi connectivity index (χ4v) is 7.33. The van der Waals surface area contributed by atoms with E-state index in [-0.39, 0.29) is 11.4 Å². The number of esters is 1. The summed E-state index contributed by atoms with van der Waals surface area (Å²) in [5.41, 5.74) is 8.97. The van der Waals surface area contributed by atoms with E-state index in [9.17, 15) is 4.79 Å². The SMILES string of the molecule is CNC1c2cccc3c2N(CCn2c-3c(C3CCCCC3)c3ccc(C(=O)OC)cc32)CC1(C)C. The standard InChI is InChI=1S/C30H37N3O2/c1-30(2)18-32-15-16-33-24-17-20(29(34)35-4)13-14-21(24)25(19-9-6-5-7-10-19)27(33)22-11-8-12-23(26(22)32)28(30)31-3/h8,11-14,17,19,28,31H,5-7,9-10,15-16,18H2,1-4H3. The summed E-state index contributed by atoms with van der Waals surface area (Å²) < 4.78 is 7.59. The first-order valence-corrected chi connectivity index (χ1v) is 13.2. The summed E-state index contributed by atoms with van der Waals surface area (Å²) in [5, 5.41) is 4.95. The van der Waals surface area contributed by atoms with Crippen molar-refractivity contribution < 1.29 is 9.53 Å². The van der Waals surface area contributed by atoms with E-state index in [2.05, 4.69) is 66.0 Å². The Morgan fingerprint density at radius 3 is 2.63 bits per heavy atom. The van der Waals surface area contributed by atoms with Gasteiger partial charge >= 0.3 is 5.97 Å². The predicted molar refractivity (Wildman–Crippen MR) is 142 cm³/mol. The number of fused-ring (bicyclic) bond motifs is 4. The summed E-state index contributed by atoms with van der Waals surface area (Å²) in [6.45, 7) is 7.66. The van der Waals surface area contributed by atoms with E-state index in [1.807, 2.05) is 6.07 Å². The number of aromatic nitrogens is 1. The molecule has 5 heteroatoms. The Morgan fingerprint density at radius 2 is 1.89 bits per heavy atom. The Bertz CT molecular complexity index is 1300. The number of rotatable bonds is 3. The summed E-state index contributed by atoms with van der Waals surface area (Å²) in [5.74, 6) is 0.296. The van der Waals surface area contributed by atoms with Gasteiger partial charge in [-0.15, -0.1) is 0 Å². The minimum Gasteiger partial charge on any atom is -0.465 e. The van der Waals surface area contributed by atoms with Crippen molar-refractivity contribution in [2.45, 2.75) is 64.5 Å². The van der Waals surface area contributed by atoms with Gasteiger partial charge in [0.05, 0.1) is 24.1 Å². The third-order valence-corrected chi connectivity index (χ3v) is 8.75. The minimum absolute atomic E-state index is 0.131. The zero-order valence-electron chi connectivity index (χ0n) is 21.5. The third-order valence-electron chi connectivity index (χ3n) is 8.75. The number of para-hydroxylation sites is 1. The van der Waals surface area contributed by atoms with Gasteiger partial charge in [0.2, 0.25) is 0 Å². The molecule has 1 aromatic heterocycles. The number of carbonyl (C=O) groups excluding carboxylic acids is 1. The van der Waals surface area contributed by atoms with E-state index in [0.717, 1.165) is 19.6 Å². The zero-order chi connectivity index (χ0) is 24.3. The van der Waals surface area contributed by atoms with Gasteiger partial charge in [0.1, 0.15) is 0 Å². The van der Waals surface area contributed by atoms with E-state index in [1.165, 1.54) is 78.2 Å². The number of nitrogens with one attached hydrogen (secondary N) is 1. The second-order valence-corrected chi connectivity index (χ2v) is 11.3. The molecule has 1 aliphatic carbocycles. The smallest absolute Gasteiger partial charge is 0.337 e. The molecule has 0 amide bonds. The highest BCUT2D eigenvalue weighted by Gasteiger charge is 2.41. The Hall–Kier alpha value is -2.79. The second kappa shape index (κ2) is 8.41. The average molecular weight is 472 g/mol. The van der Waals surface area contributed by atoms with Crippen LogP contribution in [0, 0.1) is 5.41 Å². The van der Waals surface area contributed by atoms with Crippen LogP contribution in [0.5, 0.6) is 0 Å². The van der Waals surface area contributed by atoms with E-state index in [1.54, 1.807) is 0 Å². The molecule has 0 saturated heterocycles.